The summed E-state index contributed by atoms with van der Waals surface area (Å²) in [5, 5.41) is 0. The minimum atomic E-state index is 1.26. The van der Waals surface area contributed by atoms with Crippen molar-refractivity contribution < 1.29 is 0 Å². The molecule has 0 N–H and O–H groups in total. The van der Waals surface area contributed by atoms with Crippen LogP contribution in [0.1, 0.15) is 374 Å². The van der Waals surface area contributed by atoms with Crippen molar-refractivity contribution in [2.45, 2.75) is 374 Å². The molecule has 0 atom stereocenters. The summed E-state index contributed by atoms with van der Waals surface area (Å²) in [7, 11) is 11.0. The Labute approximate surface area is 448 Å². The summed E-state index contributed by atoms with van der Waals surface area (Å²) in [5.74, 6) is 0. The van der Waals surface area contributed by atoms with Crippen LogP contribution in [-0.4, -0.2) is 76.1 Å². The van der Waals surface area contributed by atoms with Crippen LogP contribution in [0.15, 0.2) is 0 Å². The lowest BCUT2D eigenvalue weighted by Crippen LogP contribution is -2.20. The quantitative estimate of drug-likeness (QED) is 0.0562. The van der Waals surface area contributed by atoms with Crippen molar-refractivity contribution in [3.8, 4) is 0 Å². The molecule has 0 saturated heterocycles. The van der Waals surface area contributed by atoms with Crippen LogP contribution in [0.5, 0.6) is 0 Å². The first-order valence-electron chi connectivity index (χ1n) is 33.3. The fraction of sp³-hybridized carbons (Fsp3) is 1.00. The van der Waals surface area contributed by atoms with E-state index in [0.717, 1.165) is 0 Å². The molecule has 0 aromatic rings. The molecule has 0 heterocycles. The second-order valence-corrected chi connectivity index (χ2v) is 23.6. The SMILES string of the molecule is CCCCCCCCCCCCCCCCCCN(C)C.CCCCCCCCCCCCCCCCN(C)CCCCCCCCCCCCCCCC.CCCCCCCCCCCCN(C)C. The fourth-order valence-corrected chi connectivity index (χ4v) is 10.2. The predicted molar refractivity (Wildman–Crippen MR) is 327 cm³/mol. The average Bonchev–Trinajstić information content (AvgIpc) is 3.35. The van der Waals surface area contributed by atoms with E-state index in [1.165, 1.54) is 373 Å². The average molecular weight is 991 g/mol. The lowest BCUT2D eigenvalue weighted by atomic mass is 10.0. The summed E-state index contributed by atoms with van der Waals surface area (Å²) in [6.45, 7) is 14.3. The molecule has 0 amide bonds. The van der Waals surface area contributed by atoms with Crippen LogP contribution in [0.2, 0.25) is 0 Å². The zero-order valence-corrected chi connectivity index (χ0v) is 51.4. The van der Waals surface area contributed by atoms with Crippen molar-refractivity contribution >= 4 is 0 Å². The predicted octanol–water partition coefficient (Wildman–Crippen LogP) is 23.2. The molecule has 0 aliphatic rings. The largest absolute Gasteiger partial charge is 0.309 e. The highest BCUT2D eigenvalue weighted by molar-refractivity contribution is 4.57. The number of hydrogen-bond donors (Lipinski definition) is 0. The Kier molecular flexibility index (Phi) is 75.1. The third-order valence-electron chi connectivity index (χ3n) is 15.2. The summed E-state index contributed by atoms with van der Waals surface area (Å²) in [6.07, 6.45) is 78.5. The van der Waals surface area contributed by atoms with Gasteiger partial charge in [0.25, 0.3) is 0 Å². The number of nitrogens with zero attached hydrogens (tertiary/aromatic N) is 3. The van der Waals surface area contributed by atoms with Crippen molar-refractivity contribution in [3.63, 3.8) is 0 Å². The van der Waals surface area contributed by atoms with Crippen molar-refractivity contribution in [1.29, 1.82) is 0 Å². The first-order chi connectivity index (χ1) is 34.3. The Morgan fingerprint density at radius 1 is 0.143 bits per heavy atom. The molecule has 426 valence electrons. The van der Waals surface area contributed by atoms with Gasteiger partial charge in [0.15, 0.2) is 0 Å². The molecule has 0 aliphatic carbocycles. The van der Waals surface area contributed by atoms with Crippen LogP contribution in [-0.2, 0) is 0 Å². The van der Waals surface area contributed by atoms with E-state index < -0.39 is 0 Å². The van der Waals surface area contributed by atoms with Gasteiger partial charge in [-0.1, -0.05) is 349 Å². The van der Waals surface area contributed by atoms with E-state index >= 15 is 0 Å². The Hall–Kier alpha value is -0.120. The second kappa shape index (κ2) is 71.0. The minimum absolute atomic E-state index is 1.26. The summed E-state index contributed by atoms with van der Waals surface area (Å²) >= 11 is 0. The monoisotopic (exact) mass is 990 g/mol. The van der Waals surface area contributed by atoms with Gasteiger partial charge in [0.05, 0.1) is 0 Å². The van der Waals surface area contributed by atoms with Crippen LogP contribution in [0, 0.1) is 0 Å². The molecular weight excluding hydrogens is 847 g/mol. The molecule has 0 saturated carbocycles. The Morgan fingerprint density at radius 3 is 0.386 bits per heavy atom. The minimum Gasteiger partial charge on any atom is -0.309 e. The number of hydrogen-bond acceptors (Lipinski definition) is 3. The molecule has 0 aliphatic heterocycles. The third kappa shape index (κ3) is 79.3. The lowest BCUT2D eigenvalue weighted by Gasteiger charge is -2.16. The van der Waals surface area contributed by atoms with E-state index in [4.69, 9.17) is 0 Å². The highest BCUT2D eigenvalue weighted by Crippen LogP contribution is 2.17. The maximum atomic E-state index is 2.58. The fourth-order valence-electron chi connectivity index (χ4n) is 10.2. The van der Waals surface area contributed by atoms with Crippen molar-refractivity contribution in [3.05, 3.63) is 0 Å². The zero-order chi connectivity index (χ0) is 51.7. The lowest BCUT2D eigenvalue weighted by molar-refractivity contribution is 0.314. The molecular formula is C67H143N3. The molecule has 70 heavy (non-hydrogen) atoms. The summed E-state index contributed by atoms with van der Waals surface area (Å²) in [6, 6.07) is 0. The topological polar surface area (TPSA) is 9.72 Å². The Bertz CT molecular complexity index is 795. The van der Waals surface area contributed by atoms with Gasteiger partial charge < -0.3 is 14.7 Å². The van der Waals surface area contributed by atoms with Gasteiger partial charge in [0, 0.05) is 0 Å². The molecule has 0 radical (unpaired) electrons. The summed E-state index contributed by atoms with van der Waals surface area (Å²) in [4.78, 5) is 7.16. The maximum absolute atomic E-state index is 2.58. The van der Waals surface area contributed by atoms with Crippen LogP contribution < -0.4 is 0 Å². The van der Waals surface area contributed by atoms with E-state index in [0.29, 0.717) is 0 Å². The molecule has 0 fully saturated rings. The highest BCUT2D eigenvalue weighted by Gasteiger charge is 2.01. The van der Waals surface area contributed by atoms with Gasteiger partial charge in [-0.25, -0.2) is 0 Å². The Morgan fingerprint density at radius 2 is 0.257 bits per heavy atom. The molecule has 0 rings (SSSR count). The van der Waals surface area contributed by atoms with Crippen molar-refractivity contribution in [2.75, 3.05) is 61.4 Å². The first-order valence-corrected chi connectivity index (χ1v) is 33.3. The smallest absolute Gasteiger partial charge is 0.00218 e. The van der Waals surface area contributed by atoms with Gasteiger partial charge in [0.2, 0.25) is 0 Å². The van der Waals surface area contributed by atoms with Crippen LogP contribution in [0.25, 0.3) is 0 Å². The van der Waals surface area contributed by atoms with Gasteiger partial charge in [-0.05, 0) is 87.1 Å². The van der Waals surface area contributed by atoms with Gasteiger partial charge in [-0.15, -0.1) is 0 Å². The van der Waals surface area contributed by atoms with E-state index in [2.05, 4.69) is 77.6 Å². The molecule has 3 heteroatoms. The first kappa shape index (κ1) is 74.1. The zero-order valence-electron chi connectivity index (χ0n) is 51.4. The molecule has 0 unspecified atom stereocenters. The van der Waals surface area contributed by atoms with Crippen molar-refractivity contribution in [2.24, 2.45) is 0 Å². The van der Waals surface area contributed by atoms with Gasteiger partial charge in [-0.2, -0.15) is 0 Å². The van der Waals surface area contributed by atoms with E-state index in [9.17, 15) is 0 Å². The van der Waals surface area contributed by atoms with Crippen molar-refractivity contribution in [1.82, 2.24) is 14.7 Å². The van der Waals surface area contributed by atoms with Gasteiger partial charge >= 0.3 is 0 Å². The summed E-state index contributed by atoms with van der Waals surface area (Å²) < 4.78 is 0. The molecule has 0 aromatic carbocycles. The third-order valence-corrected chi connectivity index (χ3v) is 15.2. The molecule has 3 nitrogen and oxygen atoms in total. The molecule has 0 aromatic heterocycles. The van der Waals surface area contributed by atoms with Gasteiger partial charge in [-0.3, -0.25) is 0 Å². The number of rotatable bonds is 58. The van der Waals surface area contributed by atoms with Crippen LogP contribution >= 0.6 is 0 Å². The maximum Gasteiger partial charge on any atom is -0.00218 e. The van der Waals surface area contributed by atoms with E-state index in [1.807, 2.05) is 0 Å². The highest BCUT2D eigenvalue weighted by atomic mass is 15.1. The van der Waals surface area contributed by atoms with Crippen LogP contribution in [0.4, 0.5) is 0 Å². The second-order valence-electron chi connectivity index (χ2n) is 23.6. The van der Waals surface area contributed by atoms with E-state index in [-0.39, 0.29) is 0 Å². The standard InChI is InChI=1S/C33H69N.C20H43N.C14H31N/c1-4-6-8-10-12-14-16-18-20-22-24-26-28-30-32-34(3)33-31-29-27-25-23-21-19-17-15-13-11-9-7-5-2;1-4-5-6-7-8-9-10-11-12-13-14-15-16-17-18-19-20-21(2)3;1-4-5-6-7-8-9-10-11-12-13-14-15(2)3/h4-33H2,1-3H3;4-20H2,1-3H3;4-14H2,1-3H3. The molecule has 0 spiro atoms. The summed E-state index contributed by atoms with van der Waals surface area (Å²) in [5.41, 5.74) is 0. The normalized spacial score (nSPS) is 11.5. The van der Waals surface area contributed by atoms with Gasteiger partial charge in [0.1, 0.15) is 0 Å². The van der Waals surface area contributed by atoms with E-state index in [1.54, 1.807) is 0 Å². The van der Waals surface area contributed by atoms with Crippen LogP contribution in [0.3, 0.4) is 0 Å². The molecule has 0 bridgehead atoms. The Balaban J connectivity index is -0.00000106. The number of unbranched alkanes of at least 4 members (excludes halogenated alkanes) is 50.